The molecule has 1 aromatic rings. The van der Waals surface area contributed by atoms with E-state index >= 15 is 0 Å². The van der Waals surface area contributed by atoms with Crippen molar-refractivity contribution in [1.82, 2.24) is 4.98 Å². The molecule has 2 heterocycles. The fraction of sp³-hybridized carbons (Fsp3) is 0.615. The van der Waals surface area contributed by atoms with Crippen LogP contribution in [0.4, 0.5) is 5.69 Å². The van der Waals surface area contributed by atoms with E-state index < -0.39 is 0 Å². The van der Waals surface area contributed by atoms with E-state index in [-0.39, 0.29) is 0 Å². The van der Waals surface area contributed by atoms with Gasteiger partial charge in [0.1, 0.15) is 0 Å². The Kier molecular flexibility index (Phi) is 2.94. The van der Waals surface area contributed by atoms with E-state index in [1.165, 1.54) is 30.9 Å². The Morgan fingerprint density at radius 1 is 1.40 bits per heavy atom. The van der Waals surface area contributed by atoms with E-state index in [2.05, 4.69) is 42.8 Å². The Balaban J connectivity index is 2.10. The Bertz CT molecular complexity index is 316. The average molecular weight is 204 g/mol. The zero-order valence-electron chi connectivity index (χ0n) is 9.90. The minimum absolute atomic E-state index is 0.525. The van der Waals surface area contributed by atoms with Crippen LogP contribution in [0.15, 0.2) is 18.3 Å². The van der Waals surface area contributed by atoms with E-state index in [0.29, 0.717) is 5.92 Å². The van der Waals surface area contributed by atoms with Crippen molar-refractivity contribution in [2.75, 3.05) is 18.0 Å². The van der Waals surface area contributed by atoms with Crippen molar-refractivity contribution in [2.24, 2.45) is 5.92 Å². The van der Waals surface area contributed by atoms with Crippen molar-refractivity contribution in [3.8, 4) is 0 Å². The molecule has 2 heteroatoms. The molecule has 1 aromatic heterocycles. The predicted molar refractivity (Wildman–Crippen MR) is 64.3 cm³/mol. The number of aromatic nitrogens is 1. The average Bonchev–Trinajstić information content (AvgIpc) is 2.65. The second-order valence-electron chi connectivity index (χ2n) is 4.94. The first-order valence-corrected chi connectivity index (χ1v) is 5.87. The molecule has 1 atom stereocenters. The van der Waals surface area contributed by atoms with Gasteiger partial charge in [-0.15, -0.1) is 0 Å². The highest BCUT2D eigenvalue weighted by molar-refractivity contribution is 5.45. The van der Waals surface area contributed by atoms with Gasteiger partial charge in [0.15, 0.2) is 0 Å². The fourth-order valence-corrected chi connectivity index (χ4v) is 2.10. The molecule has 82 valence electrons. The highest BCUT2D eigenvalue weighted by Crippen LogP contribution is 2.23. The van der Waals surface area contributed by atoms with Crippen LogP contribution in [0, 0.1) is 5.92 Å². The molecule has 1 aliphatic rings. The summed E-state index contributed by atoms with van der Waals surface area (Å²) >= 11 is 0. The molecule has 0 radical (unpaired) electrons. The third-order valence-electron chi connectivity index (χ3n) is 3.15. The molecule has 1 fully saturated rings. The van der Waals surface area contributed by atoms with E-state index in [0.717, 1.165) is 5.92 Å². The highest BCUT2D eigenvalue weighted by Gasteiger charge is 2.18. The summed E-state index contributed by atoms with van der Waals surface area (Å²) < 4.78 is 0. The summed E-state index contributed by atoms with van der Waals surface area (Å²) in [6.45, 7) is 9.04. The van der Waals surface area contributed by atoms with Gasteiger partial charge in [-0.05, 0) is 30.4 Å². The molecule has 0 aliphatic carbocycles. The number of pyridine rings is 1. The van der Waals surface area contributed by atoms with Gasteiger partial charge in [0.2, 0.25) is 0 Å². The van der Waals surface area contributed by atoms with Crippen LogP contribution < -0.4 is 4.90 Å². The van der Waals surface area contributed by atoms with Crippen molar-refractivity contribution in [1.29, 1.82) is 0 Å². The van der Waals surface area contributed by atoms with Gasteiger partial charge < -0.3 is 4.90 Å². The zero-order chi connectivity index (χ0) is 10.8. The van der Waals surface area contributed by atoms with E-state index in [1.807, 2.05) is 6.20 Å². The fourth-order valence-electron chi connectivity index (χ4n) is 2.10. The number of rotatable bonds is 2. The molecule has 1 aliphatic heterocycles. The van der Waals surface area contributed by atoms with E-state index in [4.69, 9.17) is 0 Å². The largest absolute Gasteiger partial charge is 0.370 e. The lowest BCUT2D eigenvalue weighted by molar-refractivity contribution is 0.659. The molecular weight excluding hydrogens is 184 g/mol. The number of hydrogen-bond donors (Lipinski definition) is 0. The standard InChI is InChI=1S/C13H20N2/c1-10(2)13-5-4-12(8-14-13)15-7-6-11(3)9-15/h4-5,8,10-11H,6-7,9H2,1-3H3/t11-/m0/s1. The third kappa shape index (κ3) is 2.31. The van der Waals surface area contributed by atoms with Crippen molar-refractivity contribution < 1.29 is 0 Å². The van der Waals surface area contributed by atoms with Gasteiger partial charge >= 0.3 is 0 Å². The Morgan fingerprint density at radius 3 is 2.67 bits per heavy atom. The van der Waals surface area contributed by atoms with Crippen molar-refractivity contribution in [3.63, 3.8) is 0 Å². The SMILES string of the molecule is CC(C)c1ccc(N2CC[C@H](C)C2)cn1. The van der Waals surface area contributed by atoms with Crippen molar-refractivity contribution in [2.45, 2.75) is 33.1 Å². The summed E-state index contributed by atoms with van der Waals surface area (Å²) in [6, 6.07) is 4.36. The maximum Gasteiger partial charge on any atom is 0.0553 e. The van der Waals surface area contributed by atoms with Gasteiger partial charge in [-0.2, -0.15) is 0 Å². The molecule has 0 amide bonds. The predicted octanol–water partition coefficient (Wildman–Crippen LogP) is 3.05. The van der Waals surface area contributed by atoms with Crippen molar-refractivity contribution >= 4 is 5.69 Å². The number of hydrogen-bond acceptors (Lipinski definition) is 2. The molecule has 1 saturated heterocycles. The molecular formula is C13H20N2. The van der Waals surface area contributed by atoms with Gasteiger partial charge in [0.05, 0.1) is 11.9 Å². The highest BCUT2D eigenvalue weighted by atomic mass is 15.2. The molecule has 0 bridgehead atoms. The van der Waals surface area contributed by atoms with Crippen molar-refractivity contribution in [3.05, 3.63) is 24.0 Å². The Labute approximate surface area is 92.3 Å². The third-order valence-corrected chi connectivity index (χ3v) is 3.15. The van der Waals surface area contributed by atoms with Crippen LogP contribution in [0.2, 0.25) is 0 Å². The molecule has 0 aromatic carbocycles. The molecule has 0 N–H and O–H groups in total. The summed E-state index contributed by atoms with van der Waals surface area (Å²) in [6.07, 6.45) is 3.33. The Morgan fingerprint density at radius 2 is 2.20 bits per heavy atom. The van der Waals surface area contributed by atoms with Gasteiger partial charge in [0.25, 0.3) is 0 Å². The quantitative estimate of drug-likeness (QED) is 0.736. The van der Waals surface area contributed by atoms with Gasteiger partial charge in [-0.3, -0.25) is 4.98 Å². The maximum atomic E-state index is 4.51. The van der Waals surface area contributed by atoms with E-state index in [9.17, 15) is 0 Å². The molecule has 2 nitrogen and oxygen atoms in total. The van der Waals surface area contributed by atoms with Crippen LogP contribution in [-0.4, -0.2) is 18.1 Å². The van der Waals surface area contributed by atoms with Gasteiger partial charge in [-0.1, -0.05) is 20.8 Å². The molecule has 0 saturated carbocycles. The first kappa shape index (κ1) is 10.5. The maximum absolute atomic E-state index is 4.51. The number of anilines is 1. The summed E-state index contributed by atoms with van der Waals surface area (Å²) in [4.78, 5) is 6.94. The second kappa shape index (κ2) is 4.21. The molecule has 0 unspecified atom stereocenters. The summed E-state index contributed by atoms with van der Waals surface area (Å²) in [5, 5.41) is 0. The van der Waals surface area contributed by atoms with Gasteiger partial charge in [0, 0.05) is 18.8 Å². The molecule has 0 spiro atoms. The summed E-state index contributed by atoms with van der Waals surface area (Å²) in [5.74, 6) is 1.35. The lowest BCUT2D eigenvalue weighted by atomic mass is 10.1. The van der Waals surface area contributed by atoms with Crippen LogP contribution in [-0.2, 0) is 0 Å². The van der Waals surface area contributed by atoms with Crippen LogP contribution in [0.5, 0.6) is 0 Å². The zero-order valence-corrected chi connectivity index (χ0v) is 9.90. The van der Waals surface area contributed by atoms with Crippen LogP contribution in [0.1, 0.15) is 38.8 Å². The Hall–Kier alpha value is -1.05. The summed E-state index contributed by atoms with van der Waals surface area (Å²) in [7, 11) is 0. The lowest BCUT2D eigenvalue weighted by Gasteiger charge is -2.18. The first-order chi connectivity index (χ1) is 7.16. The summed E-state index contributed by atoms with van der Waals surface area (Å²) in [5.41, 5.74) is 2.47. The topological polar surface area (TPSA) is 16.1 Å². The van der Waals surface area contributed by atoms with E-state index in [1.54, 1.807) is 0 Å². The van der Waals surface area contributed by atoms with Crippen LogP contribution in [0.3, 0.4) is 0 Å². The smallest absolute Gasteiger partial charge is 0.0553 e. The first-order valence-electron chi connectivity index (χ1n) is 5.87. The minimum Gasteiger partial charge on any atom is -0.370 e. The van der Waals surface area contributed by atoms with Crippen LogP contribution in [0.25, 0.3) is 0 Å². The normalized spacial score (nSPS) is 21.3. The minimum atomic E-state index is 0.525. The molecule has 15 heavy (non-hydrogen) atoms. The second-order valence-corrected chi connectivity index (χ2v) is 4.94. The lowest BCUT2D eigenvalue weighted by Crippen LogP contribution is -2.19. The van der Waals surface area contributed by atoms with Crippen LogP contribution >= 0.6 is 0 Å². The molecule has 2 rings (SSSR count). The van der Waals surface area contributed by atoms with Gasteiger partial charge in [-0.25, -0.2) is 0 Å². The number of nitrogens with zero attached hydrogens (tertiary/aromatic N) is 2. The monoisotopic (exact) mass is 204 g/mol.